The highest BCUT2D eigenvalue weighted by Crippen LogP contribution is 2.53. The maximum absolute atomic E-state index is 5.61. The Kier molecular flexibility index (Phi) is 6.01. The van der Waals surface area contributed by atoms with Crippen molar-refractivity contribution in [1.82, 2.24) is 4.90 Å². The summed E-state index contributed by atoms with van der Waals surface area (Å²) in [6, 6.07) is 7.49. The number of ether oxygens (including phenoxy) is 3. The van der Waals surface area contributed by atoms with E-state index < -0.39 is 0 Å². The van der Waals surface area contributed by atoms with Crippen LogP contribution in [-0.2, 0) is 21.3 Å². The zero-order valence-corrected chi connectivity index (χ0v) is 18.1. The molecule has 156 valence electrons. The summed E-state index contributed by atoms with van der Waals surface area (Å²) in [6.45, 7) is 5.06. The van der Waals surface area contributed by atoms with E-state index in [9.17, 15) is 0 Å². The second kappa shape index (κ2) is 8.33. The van der Waals surface area contributed by atoms with Gasteiger partial charge in [0.15, 0.2) is 6.29 Å². The molecule has 28 heavy (non-hydrogen) atoms. The highest BCUT2D eigenvalue weighted by atomic mass is 16.7. The summed E-state index contributed by atoms with van der Waals surface area (Å²) in [6.07, 6.45) is 8.50. The van der Waals surface area contributed by atoms with Crippen molar-refractivity contribution in [2.24, 2.45) is 11.8 Å². The van der Waals surface area contributed by atoms with Gasteiger partial charge in [0.2, 0.25) is 0 Å². The van der Waals surface area contributed by atoms with Crippen LogP contribution in [0.5, 0.6) is 5.75 Å². The molecule has 3 atom stereocenters. The lowest BCUT2D eigenvalue weighted by molar-refractivity contribution is -0.108. The zero-order valence-electron chi connectivity index (χ0n) is 18.1. The highest BCUT2D eigenvalue weighted by molar-refractivity contribution is 5.45. The molecule has 1 saturated carbocycles. The molecule has 1 saturated heterocycles. The molecule has 0 radical (unpaired) electrons. The van der Waals surface area contributed by atoms with Crippen LogP contribution < -0.4 is 4.74 Å². The van der Waals surface area contributed by atoms with Crippen molar-refractivity contribution in [3.05, 3.63) is 29.3 Å². The van der Waals surface area contributed by atoms with Gasteiger partial charge in [-0.25, -0.2) is 0 Å². The second-order valence-electron chi connectivity index (χ2n) is 9.22. The van der Waals surface area contributed by atoms with Crippen molar-refractivity contribution in [3.63, 3.8) is 0 Å². The smallest absolute Gasteiger partial charge is 0.156 e. The topological polar surface area (TPSA) is 30.9 Å². The number of benzene rings is 1. The molecule has 0 amide bonds. The minimum absolute atomic E-state index is 0.0918. The molecule has 2 aliphatic carbocycles. The third-order valence-corrected chi connectivity index (χ3v) is 7.82. The van der Waals surface area contributed by atoms with Crippen molar-refractivity contribution in [2.75, 3.05) is 34.4 Å². The maximum atomic E-state index is 5.61. The van der Waals surface area contributed by atoms with Gasteiger partial charge in [-0.05, 0) is 86.6 Å². The normalized spacial score (nSPS) is 29.8. The molecule has 4 rings (SSSR count). The molecule has 3 aliphatic rings. The van der Waals surface area contributed by atoms with Crippen molar-refractivity contribution in [3.8, 4) is 5.75 Å². The lowest BCUT2D eigenvalue weighted by Crippen LogP contribution is -2.59. The summed E-state index contributed by atoms with van der Waals surface area (Å²) < 4.78 is 16.5. The van der Waals surface area contributed by atoms with E-state index in [0.29, 0.717) is 12.0 Å². The van der Waals surface area contributed by atoms with Crippen LogP contribution in [0.1, 0.15) is 56.6 Å². The first kappa shape index (κ1) is 20.2. The van der Waals surface area contributed by atoms with E-state index in [4.69, 9.17) is 14.2 Å². The van der Waals surface area contributed by atoms with E-state index in [1.165, 1.54) is 45.2 Å². The van der Waals surface area contributed by atoms with Gasteiger partial charge in [0.25, 0.3) is 0 Å². The summed E-state index contributed by atoms with van der Waals surface area (Å²) in [5, 5.41) is 0. The maximum Gasteiger partial charge on any atom is 0.156 e. The number of nitrogens with zero attached hydrogens (tertiary/aromatic N) is 1. The Morgan fingerprint density at radius 2 is 1.96 bits per heavy atom. The van der Waals surface area contributed by atoms with Crippen molar-refractivity contribution < 1.29 is 14.2 Å². The largest absolute Gasteiger partial charge is 0.497 e. The van der Waals surface area contributed by atoms with Crippen LogP contribution in [0.15, 0.2) is 18.2 Å². The van der Waals surface area contributed by atoms with E-state index in [2.05, 4.69) is 30.0 Å². The first-order valence-corrected chi connectivity index (χ1v) is 11.1. The molecule has 1 aromatic rings. The number of fused-ring (bicyclic) bond motifs is 4. The average molecular weight is 388 g/mol. The van der Waals surface area contributed by atoms with Gasteiger partial charge in [-0.15, -0.1) is 0 Å². The van der Waals surface area contributed by atoms with Gasteiger partial charge in [0, 0.05) is 32.2 Å². The standard InChI is InChI=1S/C24H37NO3/c1-17-22-14-19-9-10-20(26-2)15-21(19)24(17,11-5-6-23(27-3)28-4)12-13-25(22)16-18-7-8-18/h9-10,15,17-18,22-23H,5-8,11-14,16H2,1-4H3/t17-,22+,24+/m0/s1. The minimum atomic E-state index is -0.0918. The monoisotopic (exact) mass is 387 g/mol. The molecule has 0 N–H and O–H groups in total. The van der Waals surface area contributed by atoms with Gasteiger partial charge in [0.1, 0.15) is 5.75 Å². The van der Waals surface area contributed by atoms with Gasteiger partial charge in [-0.2, -0.15) is 0 Å². The van der Waals surface area contributed by atoms with E-state index in [1.807, 2.05) is 0 Å². The quantitative estimate of drug-likeness (QED) is 0.588. The van der Waals surface area contributed by atoms with Crippen molar-refractivity contribution in [2.45, 2.75) is 69.6 Å². The van der Waals surface area contributed by atoms with E-state index >= 15 is 0 Å². The van der Waals surface area contributed by atoms with Crippen LogP contribution in [0.2, 0.25) is 0 Å². The van der Waals surface area contributed by atoms with Crippen LogP contribution >= 0.6 is 0 Å². The van der Waals surface area contributed by atoms with Gasteiger partial charge >= 0.3 is 0 Å². The van der Waals surface area contributed by atoms with E-state index in [0.717, 1.165) is 24.5 Å². The number of rotatable bonds is 9. The lowest BCUT2D eigenvalue weighted by Gasteiger charge is -2.56. The predicted octanol–water partition coefficient (Wildman–Crippen LogP) is 4.40. The third kappa shape index (κ3) is 3.71. The molecule has 2 bridgehead atoms. The van der Waals surface area contributed by atoms with Gasteiger partial charge in [-0.3, -0.25) is 4.90 Å². The van der Waals surface area contributed by atoms with Crippen LogP contribution in [0.4, 0.5) is 0 Å². The Balaban J connectivity index is 1.61. The Hall–Kier alpha value is -1.10. The van der Waals surface area contributed by atoms with Crippen molar-refractivity contribution in [1.29, 1.82) is 0 Å². The summed E-state index contributed by atoms with van der Waals surface area (Å²) in [4.78, 5) is 2.82. The summed E-state index contributed by atoms with van der Waals surface area (Å²) in [5.41, 5.74) is 3.34. The van der Waals surface area contributed by atoms with Gasteiger partial charge < -0.3 is 14.2 Å². The van der Waals surface area contributed by atoms with Gasteiger partial charge in [-0.1, -0.05) is 13.0 Å². The van der Waals surface area contributed by atoms with E-state index in [-0.39, 0.29) is 11.7 Å². The molecule has 2 fully saturated rings. The molecule has 4 nitrogen and oxygen atoms in total. The minimum Gasteiger partial charge on any atom is -0.497 e. The summed E-state index contributed by atoms with van der Waals surface area (Å²) in [5.74, 6) is 2.63. The fraction of sp³-hybridized carbons (Fsp3) is 0.750. The summed E-state index contributed by atoms with van der Waals surface area (Å²) in [7, 11) is 5.26. The molecule has 4 heteroatoms. The van der Waals surface area contributed by atoms with Crippen LogP contribution in [0.25, 0.3) is 0 Å². The first-order valence-electron chi connectivity index (χ1n) is 11.1. The molecule has 1 heterocycles. The second-order valence-corrected chi connectivity index (χ2v) is 9.22. The molecule has 1 aromatic carbocycles. The molecule has 0 aromatic heterocycles. The molecule has 0 spiro atoms. The molecular formula is C24H37NO3. The molecular weight excluding hydrogens is 350 g/mol. The number of likely N-dealkylation sites (tertiary alicyclic amines) is 1. The fourth-order valence-electron chi connectivity index (χ4n) is 5.92. The predicted molar refractivity (Wildman–Crippen MR) is 112 cm³/mol. The molecule has 1 aliphatic heterocycles. The fourth-order valence-corrected chi connectivity index (χ4v) is 5.92. The Bertz CT molecular complexity index is 670. The van der Waals surface area contributed by atoms with Crippen LogP contribution in [0, 0.1) is 11.8 Å². The number of hydrogen-bond donors (Lipinski definition) is 0. The van der Waals surface area contributed by atoms with Crippen LogP contribution in [0.3, 0.4) is 0 Å². The summed E-state index contributed by atoms with van der Waals surface area (Å²) >= 11 is 0. The number of methoxy groups -OCH3 is 3. The SMILES string of the molecule is COc1ccc2c(c1)[C@]1(CCCC(OC)OC)CCN(CC3CC3)[C@H](C2)[C@@H]1C. The zero-order chi connectivity index (χ0) is 19.7. The highest BCUT2D eigenvalue weighted by Gasteiger charge is 2.51. The van der Waals surface area contributed by atoms with Crippen molar-refractivity contribution >= 4 is 0 Å². The Morgan fingerprint density at radius 1 is 1.18 bits per heavy atom. The number of hydrogen-bond acceptors (Lipinski definition) is 4. The lowest BCUT2D eigenvalue weighted by atomic mass is 9.56. The first-order chi connectivity index (χ1) is 13.6. The Morgan fingerprint density at radius 3 is 2.64 bits per heavy atom. The average Bonchev–Trinajstić information content (AvgIpc) is 3.53. The third-order valence-electron chi connectivity index (χ3n) is 7.82. The van der Waals surface area contributed by atoms with E-state index in [1.54, 1.807) is 32.5 Å². The number of piperidine rings is 1. The molecule has 0 unspecified atom stereocenters. The Labute approximate surface area is 170 Å². The van der Waals surface area contributed by atoms with Crippen LogP contribution in [-0.4, -0.2) is 51.7 Å². The van der Waals surface area contributed by atoms with Gasteiger partial charge in [0.05, 0.1) is 7.11 Å².